The van der Waals surface area contributed by atoms with E-state index < -0.39 is 7.26 Å². The van der Waals surface area contributed by atoms with Crippen molar-refractivity contribution in [3.63, 3.8) is 0 Å². The van der Waals surface area contributed by atoms with Crippen LogP contribution in [-0.4, -0.2) is 30.6 Å². The molecule has 0 aromatic rings. The lowest BCUT2D eigenvalue weighted by atomic mass is 10.1. The summed E-state index contributed by atoms with van der Waals surface area (Å²) < 4.78 is 0. The molecule has 0 aliphatic carbocycles. The molecule has 0 atom stereocenters. The van der Waals surface area contributed by atoms with Crippen molar-refractivity contribution in [2.24, 2.45) is 0 Å². The molecule has 0 aromatic heterocycles. The number of unbranched alkanes of at least 4 members (excludes halogenated alkanes) is 15. The molecule has 0 unspecified atom stereocenters. The quantitative estimate of drug-likeness (QED) is 0.139. The molecule has 0 aromatic carbocycles. The molecule has 0 rings (SSSR count). The molecule has 1 nitrogen and oxygen atoms in total. The molecule has 27 heavy (non-hydrogen) atoms. The van der Waals surface area contributed by atoms with Crippen molar-refractivity contribution in [3.8, 4) is 0 Å². The van der Waals surface area contributed by atoms with E-state index in [1.807, 2.05) is 0 Å². The first kappa shape index (κ1) is 29.6. The molecule has 0 heterocycles. The maximum Gasteiger partial charge on any atom is 0.0591 e. The lowest BCUT2D eigenvalue weighted by molar-refractivity contribution is 0.616. The Hall–Kier alpha value is 0.390. The molecule has 0 saturated heterocycles. The molecule has 2 heteroatoms. The van der Waals surface area contributed by atoms with E-state index >= 15 is 0 Å². The van der Waals surface area contributed by atoms with E-state index in [4.69, 9.17) is 0 Å². The smallest absolute Gasteiger partial charge is 0.0591 e. The van der Waals surface area contributed by atoms with Crippen LogP contribution in [0.1, 0.15) is 136 Å². The molecule has 0 fully saturated rings. The summed E-state index contributed by atoms with van der Waals surface area (Å²) in [5.41, 5.74) is 0. The summed E-state index contributed by atoms with van der Waals surface area (Å²) in [5, 5.41) is 0. The molecule has 0 radical (unpaired) electrons. The highest BCUT2D eigenvalue weighted by Gasteiger charge is 2.29. The van der Waals surface area contributed by atoms with Crippen molar-refractivity contribution < 1.29 is 5.48 Å². The zero-order chi connectivity index (χ0) is 19.3. The zero-order valence-corrected chi connectivity index (χ0v) is 20.6. The second-order valence-corrected chi connectivity index (χ2v) is 13.7. The van der Waals surface area contributed by atoms with Gasteiger partial charge in [0.25, 0.3) is 0 Å². The highest BCUT2D eigenvalue weighted by Crippen LogP contribution is 2.57. The maximum absolute atomic E-state index is 2.73. The lowest BCUT2D eigenvalue weighted by Crippen LogP contribution is -2.08. The fourth-order valence-corrected chi connectivity index (χ4v) is 7.79. The summed E-state index contributed by atoms with van der Waals surface area (Å²) in [6.07, 6.45) is 31.2. The van der Waals surface area contributed by atoms with Crippen LogP contribution in [0.15, 0.2) is 0 Å². The van der Waals surface area contributed by atoms with Crippen LogP contribution in [0.25, 0.3) is 0 Å². The topological polar surface area (TPSA) is 30.0 Å². The molecule has 166 valence electrons. The molecule has 1 N–H and O–H groups in total. The van der Waals surface area contributed by atoms with Crippen LogP contribution in [0, 0.1) is 0 Å². The number of hydrogen-bond donors (Lipinski definition) is 0. The number of hydrogen-bond acceptors (Lipinski definition) is 1. The van der Waals surface area contributed by atoms with Crippen molar-refractivity contribution in [1.29, 1.82) is 0 Å². The minimum atomic E-state index is -0.636. The van der Waals surface area contributed by atoms with Crippen LogP contribution in [0.2, 0.25) is 0 Å². The fourth-order valence-electron chi connectivity index (χ4n) is 4.16. The van der Waals surface area contributed by atoms with Crippen molar-refractivity contribution in [2.45, 2.75) is 136 Å². The van der Waals surface area contributed by atoms with E-state index in [1.165, 1.54) is 116 Å². The molecule has 0 aliphatic heterocycles. The highest BCUT2D eigenvalue weighted by atomic mass is 31.2. The van der Waals surface area contributed by atoms with Gasteiger partial charge in [-0.05, 0) is 38.5 Å². The van der Waals surface area contributed by atoms with Gasteiger partial charge in [-0.3, -0.25) is 0 Å². The van der Waals surface area contributed by atoms with Gasteiger partial charge in [-0.25, -0.2) is 0 Å². The molecule has 0 bridgehead atoms. The average molecular weight is 403 g/mol. The maximum atomic E-state index is 2.73. The van der Waals surface area contributed by atoms with Crippen LogP contribution < -0.4 is 0 Å². The van der Waals surface area contributed by atoms with Gasteiger partial charge in [0, 0.05) is 13.9 Å². The SMILES string of the molecule is CCCCCCCC[P+](C)(CCCCCCCC)CCCCCCCC.[OH-]. The first-order valence-electron chi connectivity index (χ1n) is 12.5. The van der Waals surface area contributed by atoms with E-state index in [-0.39, 0.29) is 5.48 Å². The minimum Gasteiger partial charge on any atom is -0.870 e. The predicted octanol–water partition coefficient (Wildman–Crippen LogP) is 9.54. The predicted molar refractivity (Wildman–Crippen MR) is 130 cm³/mol. The average Bonchev–Trinajstić information content (AvgIpc) is 2.64. The number of rotatable bonds is 21. The zero-order valence-electron chi connectivity index (χ0n) is 19.7. The Morgan fingerprint density at radius 1 is 0.370 bits per heavy atom. The molecular weight excluding hydrogens is 347 g/mol. The Morgan fingerprint density at radius 2 is 0.593 bits per heavy atom. The molecule has 0 spiro atoms. The van der Waals surface area contributed by atoms with Gasteiger partial charge >= 0.3 is 0 Å². The molecular formula is C25H55OP. The van der Waals surface area contributed by atoms with Crippen LogP contribution in [0.5, 0.6) is 0 Å². The van der Waals surface area contributed by atoms with Gasteiger partial charge in [0.2, 0.25) is 0 Å². The van der Waals surface area contributed by atoms with Gasteiger partial charge in [-0.2, -0.15) is 0 Å². The van der Waals surface area contributed by atoms with Crippen molar-refractivity contribution in [2.75, 3.05) is 25.2 Å². The van der Waals surface area contributed by atoms with Gasteiger partial charge in [0.1, 0.15) is 0 Å². The van der Waals surface area contributed by atoms with E-state index in [9.17, 15) is 0 Å². The van der Waals surface area contributed by atoms with E-state index in [0.29, 0.717) is 0 Å². The van der Waals surface area contributed by atoms with Crippen LogP contribution in [0.3, 0.4) is 0 Å². The van der Waals surface area contributed by atoms with Crippen molar-refractivity contribution in [1.82, 2.24) is 0 Å². The summed E-state index contributed by atoms with van der Waals surface area (Å²) in [4.78, 5) is 0. The standard InChI is InChI=1S/C25H54P.H2O/c1-5-8-11-14-17-20-23-26(4,24-21-18-15-12-9-6-2)25-22-19-16-13-10-7-3;/h5-25H2,1-4H3;1H2/q+1;/p-1. The van der Waals surface area contributed by atoms with E-state index in [1.54, 1.807) is 18.5 Å². The van der Waals surface area contributed by atoms with Crippen LogP contribution >= 0.6 is 7.26 Å². The van der Waals surface area contributed by atoms with E-state index in [0.717, 1.165) is 0 Å². The Labute approximate surface area is 174 Å². The summed E-state index contributed by atoms with van der Waals surface area (Å²) in [6, 6.07) is 0. The van der Waals surface area contributed by atoms with E-state index in [2.05, 4.69) is 27.4 Å². The highest BCUT2D eigenvalue weighted by molar-refractivity contribution is 7.75. The first-order chi connectivity index (χ1) is 12.7. The Bertz CT molecular complexity index is 226. The third-order valence-corrected chi connectivity index (χ3v) is 10.3. The largest absolute Gasteiger partial charge is 0.870 e. The third-order valence-electron chi connectivity index (χ3n) is 6.15. The minimum absolute atomic E-state index is 0. The summed E-state index contributed by atoms with van der Waals surface area (Å²) in [7, 11) is -0.636. The van der Waals surface area contributed by atoms with Crippen molar-refractivity contribution >= 4 is 7.26 Å². The summed E-state index contributed by atoms with van der Waals surface area (Å²) >= 11 is 0. The lowest BCUT2D eigenvalue weighted by Gasteiger charge is -2.24. The summed E-state index contributed by atoms with van der Waals surface area (Å²) in [5.74, 6) is 0. The van der Waals surface area contributed by atoms with Crippen molar-refractivity contribution in [3.05, 3.63) is 0 Å². The molecule has 0 saturated carbocycles. The second kappa shape index (κ2) is 22.7. The first-order valence-corrected chi connectivity index (χ1v) is 15.3. The summed E-state index contributed by atoms with van der Waals surface area (Å²) in [6.45, 7) is 9.70. The van der Waals surface area contributed by atoms with Gasteiger partial charge in [-0.15, -0.1) is 0 Å². The Kier molecular flexibility index (Phi) is 24.9. The van der Waals surface area contributed by atoms with Gasteiger partial charge in [0.15, 0.2) is 0 Å². The van der Waals surface area contributed by atoms with Gasteiger partial charge in [-0.1, -0.05) is 97.8 Å². The van der Waals surface area contributed by atoms with Gasteiger partial charge in [0.05, 0.1) is 18.5 Å². The van der Waals surface area contributed by atoms with Crippen LogP contribution in [-0.2, 0) is 0 Å². The fraction of sp³-hybridized carbons (Fsp3) is 1.00. The third kappa shape index (κ3) is 20.9. The monoisotopic (exact) mass is 402 g/mol. The molecule has 0 amide bonds. The Balaban J connectivity index is 0. The normalized spacial score (nSPS) is 11.6. The second-order valence-electron chi connectivity index (χ2n) is 9.09. The van der Waals surface area contributed by atoms with Gasteiger partial charge < -0.3 is 5.48 Å². The molecule has 0 aliphatic rings. The Morgan fingerprint density at radius 3 is 0.852 bits per heavy atom. The van der Waals surface area contributed by atoms with Crippen LogP contribution in [0.4, 0.5) is 0 Å².